The van der Waals surface area contributed by atoms with Crippen molar-refractivity contribution in [1.82, 2.24) is 15.5 Å². The first-order chi connectivity index (χ1) is 9.52. The van der Waals surface area contributed by atoms with Gasteiger partial charge in [0.15, 0.2) is 5.96 Å². The van der Waals surface area contributed by atoms with Crippen molar-refractivity contribution in [3.63, 3.8) is 0 Å². The molecule has 1 rings (SSSR count). The van der Waals surface area contributed by atoms with Crippen LogP contribution in [0.15, 0.2) is 22.5 Å². The molecule has 0 spiro atoms. The lowest BCUT2D eigenvalue weighted by Crippen LogP contribution is -2.45. The third-order valence-corrected chi connectivity index (χ3v) is 4.09. The van der Waals surface area contributed by atoms with Gasteiger partial charge in [-0.05, 0) is 37.9 Å². The molecule has 4 nitrogen and oxygen atoms in total. The number of guanidine groups is 1. The Bertz CT molecular complexity index is 390. The minimum absolute atomic E-state index is 0. The molecule has 0 saturated carbocycles. The highest BCUT2D eigenvalue weighted by Crippen LogP contribution is 2.08. The Hall–Kier alpha value is -0.340. The number of rotatable bonds is 7. The predicted molar refractivity (Wildman–Crippen MR) is 105 cm³/mol. The van der Waals surface area contributed by atoms with Crippen molar-refractivity contribution < 1.29 is 0 Å². The van der Waals surface area contributed by atoms with Gasteiger partial charge < -0.3 is 15.5 Å². The molecule has 0 aromatic carbocycles. The summed E-state index contributed by atoms with van der Waals surface area (Å²) in [4.78, 5) is 7.87. The fraction of sp³-hybridized carbons (Fsp3) is 0.667. The van der Waals surface area contributed by atoms with Crippen molar-refractivity contribution in [2.45, 2.75) is 32.9 Å². The molecule has 1 unspecified atom stereocenters. The maximum atomic E-state index is 4.28. The minimum atomic E-state index is 0. The normalized spacial score (nSPS) is 13.2. The third-order valence-electron chi connectivity index (χ3n) is 3.21. The highest BCUT2D eigenvalue weighted by atomic mass is 127. The number of halogens is 1. The fourth-order valence-electron chi connectivity index (χ4n) is 2.04. The number of aliphatic imine (C=N–C) groups is 1. The average molecular weight is 424 g/mol. The SMILES string of the molecule is CN=C(NCc1cccs1)NCC(CC(C)C)N(C)C.I. The molecule has 0 aliphatic rings. The van der Waals surface area contributed by atoms with Crippen LogP contribution in [0.3, 0.4) is 0 Å². The zero-order valence-corrected chi connectivity index (χ0v) is 16.9. The Morgan fingerprint density at radius 1 is 1.33 bits per heavy atom. The van der Waals surface area contributed by atoms with Crippen LogP contribution in [0.25, 0.3) is 0 Å². The van der Waals surface area contributed by atoms with Gasteiger partial charge in [-0.2, -0.15) is 0 Å². The fourth-order valence-corrected chi connectivity index (χ4v) is 2.68. The van der Waals surface area contributed by atoms with E-state index in [-0.39, 0.29) is 24.0 Å². The zero-order valence-electron chi connectivity index (χ0n) is 13.7. The van der Waals surface area contributed by atoms with Crippen molar-refractivity contribution in [3.05, 3.63) is 22.4 Å². The Kier molecular flexibility index (Phi) is 11.1. The van der Waals surface area contributed by atoms with E-state index in [1.165, 1.54) is 11.3 Å². The Balaban J connectivity index is 0.00000400. The number of nitrogens with one attached hydrogen (secondary N) is 2. The summed E-state index contributed by atoms with van der Waals surface area (Å²) in [6.45, 7) is 6.27. The molecule has 1 aromatic heterocycles. The second kappa shape index (κ2) is 11.3. The van der Waals surface area contributed by atoms with Gasteiger partial charge in [-0.15, -0.1) is 35.3 Å². The van der Waals surface area contributed by atoms with Crippen molar-refractivity contribution >= 4 is 41.3 Å². The van der Waals surface area contributed by atoms with Crippen LogP contribution in [0.2, 0.25) is 0 Å². The van der Waals surface area contributed by atoms with E-state index >= 15 is 0 Å². The molecule has 1 heterocycles. The van der Waals surface area contributed by atoms with Gasteiger partial charge in [-0.3, -0.25) is 4.99 Å². The zero-order chi connectivity index (χ0) is 15.0. The maximum absolute atomic E-state index is 4.28. The lowest BCUT2D eigenvalue weighted by Gasteiger charge is -2.27. The lowest BCUT2D eigenvalue weighted by atomic mass is 10.0. The van der Waals surface area contributed by atoms with Crippen molar-refractivity contribution in [1.29, 1.82) is 0 Å². The molecule has 1 atom stereocenters. The number of hydrogen-bond acceptors (Lipinski definition) is 3. The van der Waals surface area contributed by atoms with Gasteiger partial charge in [0.25, 0.3) is 0 Å². The van der Waals surface area contributed by atoms with Crippen molar-refractivity contribution in [2.24, 2.45) is 10.9 Å². The van der Waals surface area contributed by atoms with Crippen LogP contribution in [0, 0.1) is 5.92 Å². The van der Waals surface area contributed by atoms with Gasteiger partial charge in [0.2, 0.25) is 0 Å². The quantitative estimate of drug-likeness (QED) is 0.402. The number of thiophene rings is 1. The van der Waals surface area contributed by atoms with Gasteiger partial charge in [0.1, 0.15) is 0 Å². The second-order valence-corrected chi connectivity index (χ2v) is 6.67. The Morgan fingerprint density at radius 3 is 2.52 bits per heavy atom. The van der Waals surface area contributed by atoms with Crippen molar-refractivity contribution in [2.75, 3.05) is 27.7 Å². The summed E-state index contributed by atoms with van der Waals surface area (Å²) in [7, 11) is 6.09. The molecule has 0 bridgehead atoms. The number of likely N-dealkylation sites (N-methyl/N-ethyl adjacent to an activating group) is 1. The standard InChI is InChI=1S/C15H28N4S.HI/c1-12(2)9-13(19(4)5)10-17-15(16-3)18-11-14-7-6-8-20-14;/h6-8,12-13H,9-11H2,1-5H3,(H2,16,17,18);1H. The minimum Gasteiger partial charge on any atom is -0.355 e. The molecule has 21 heavy (non-hydrogen) atoms. The largest absolute Gasteiger partial charge is 0.355 e. The third kappa shape index (κ3) is 8.63. The van der Waals surface area contributed by atoms with E-state index in [9.17, 15) is 0 Å². The average Bonchev–Trinajstić information content (AvgIpc) is 2.89. The summed E-state index contributed by atoms with van der Waals surface area (Å²) in [5.41, 5.74) is 0. The predicted octanol–water partition coefficient (Wildman–Crippen LogP) is 3.01. The molecule has 2 N–H and O–H groups in total. The van der Waals surface area contributed by atoms with Gasteiger partial charge in [-0.1, -0.05) is 19.9 Å². The molecule has 0 amide bonds. The summed E-state index contributed by atoms with van der Waals surface area (Å²) in [6, 6.07) is 4.73. The van der Waals surface area contributed by atoms with Gasteiger partial charge in [0.05, 0.1) is 6.54 Å². The highest BCUT2D eigenvalue weighted by molar-refractivity contribution is 14.0. The molecular weight excluding hydrogens is 395 g/mol. The molecule has 1 aromatic rings. The van der Waals surface area contributed by atoms with E-state index in [1.807, 2.05) is 7.05 Å². The molecule has 0 fully saturated rings. The summed E-state index contributed by atoms with van der Waals surface area (Å²) in [5.74, 6) is 1.57. The summed E-state index contributed by atoms with van der Waals surface area (Å²) < 4.78 is 0. The van der Waals surface area contributed by atoms with E-state index in [0.717, 1.165) is 19.0 Å². The summed E-state index contributed by atoms with van der Waals surface area (Å²) in [6.07, 6.45) is 1.18. The molecule has 0 aliphatic carbocycles. The lowest BCUT2D eigenvalue weighted by molar-refractivity contribution is 0.254. The van der Waals surface area contributed by atoms with Crippen LogP contribution >= 0.6 is 35.3 Å². The molecule has 6 heteroatoms. The maximum Gasteiger partial charge on any atom is 0.191 e. The van der Waals surface area contributed by atoms with Crippen LogP contribution in [-0.4, -0.2) is 44.6 Å². The monoisotopic (exact) mass is 424 g/mol. The highest BCUT2D eigenvalue weighted by Gasteiger charge is 2.13. The van der Waals surface area contributed by atoms with Gasteiger partial charge >= 0.3 is 0 Å². The van der Waals surface area contributed by atoms with E-state index in [2.05, 4.69) is 66.0 Å². The Labute approximate surface area is 150 Å². The second-order valence-electron chi connectivity index (χ2n) is 5.63. The molecule has 0 aliphatic heterocycles. The van der Waals surface area contributed by atoms with Crippen LogP contribution in [0.1, 0.15) is 25.1 Å². The smallest absolute Gasteiger partial charge is 0.191 e. The molecule has 0 radical (unpaired) electrons. The Morgan fingerprint density at radius 2 is 2.05 bits per heavy atom. The van der Waals surface area contributed by atoms with Crippen molar-refractivity contribution in [3.8, 4) is 0 Å². The molecule has 122 valence electrons. The van der Waals surface area contributed by atoms with Crippen LogP contribution in [-0.2, 0) is 6.54 Å². The van der Waals surface area contributed by atoms with Crippen LogP contribution in [0.4, 0.5) is 0 Å². The van der Waals surface area contributed by atoms with E-state index in [4.69, 9.17) is 0 Å². The van der Waals surface area contributed by atoms with E-state index < -0.39 is 0 Å². The summed E-state index contributed by atoms with van der Waals surface area (Å²) in [5, 5.41) is 8.87. The van der Waals surface area contributed by atoms with Gasteiger partial charge in [0, 0.05) is 24.5 Å². The van der Waals surface area contributed by atoms with Crippen LogP contribution < -0.4 is 10.6 Å². The van der Waals surface area contributed by atoms with E-state index in [0.29, 0.717) is 12.0 Å². The van der Waals surface area contributed by atoms with E-state index in [1.54, 1.807) is 11.3 Å². The van der Waals surface area contributed by atoms with Gasteiger partial charge in [-0.25, -0.2) is 0 Å². The first-order valence-corrected chi connectivity index (χ1v) is 8.04. The summed E-state index contributed by atoms with van der Waals surface area (Å²) >= 11 is 1.76. The number of hydrogen-bond donors (Lipinski definition) is 2. The first kappa shape index (κ1) is 20.7. The first-order valence-electron chi connectivity index (χ1n) is 7.16. The van der Waals surface area contributed by atoms with Crippen LogP contribution in [0.5, 0.6) is 0 Å². The topological polar surface area (TPSA) is 39.7 Å². The molecular formula is C15H29IN4S. The number of nitrogens with zero attached hydrogens (tertiary/aromatic N) is 2. The molecule has 0 saturated heterocycles.